The molecule has 9 nitrogen and oxygen atoms in total. The van der Waals surface area contributed by atoms with Crippen LogP contribution in [-0.2, 0) is 22.6 Å². The first kappa shape index (κ1) is 24.9. The topological polar surface area (TPSA) is 113 Å². The van der Waals surface area contributed by atoms with Crippen molar-refractivity contribution in [1.82, 2.24) is 21.1 Å². The Morgan fingerprint density at radius 2 is 1.81 bits per heavy atom. The lowest BCUT2D eigenvalue weighted by molar-refractivity contribution is -0.129. The van der Waals surface area contributed by atoms with Crippen LogP contribution in [0.3, 0.4) is 0 Å². The van der Waals surface area contributed by atoms with E-state index in [1.165, 1.54) is 11.8 Å². The molecule has 10 heteroatoms. The van der Waals surface area contributed by atoms with Gasteiger partial charge >= 0.3 is 0 Å². The largest absolute Gasteiger partial charge is 0.493 e. The Bertz CT molecular complexity index is 1200. The van der Waals surface area contributed by atoms with Crippen LogP contribution in [0.15, 0.2) is 77.4 Å². The van der Waals surface area contributed by atoms with E-state index < -0.39 is 11.8 Å². The lowest BCUT2D eigenvalue weighted by Crippen LogP contribution is -2.50. The van der Waals surface area contributed by atoms with Crippen LogP contribution in [0.2, 0.25) is 0 Å². The zero-order valence-corrected chi connectivity index (χ0v) is 20.3. The van der Waals surface area contributed by atoms with Crippen molar-refractivity contribution in [2.75, 3.05) is 13.2 Å². The molecule has 2 heterocycles. The molecule has 36 heavy (non-hydrogen) atoms. The Kier molecular flexibility index (Phi) is 8.30. The number of furan rings is 1. The lowest BCUT2D eigenvalue weighted by atomic mass is 10.1. The standard InChI is InChI=1S/C26H26N4O5S/c31-23-15-20(16-30(23)17-22-7-4-13-34-22)25(33)28-29-26(36)27-24(32)19-8-10-21(11-9-19)35-14-12-18-5-2-1-3-6-18/h1-11,13,20H,12,14-17H2,(H,28,33)(H2,27,29,32,36). The van der Waals surface area contributed by atoms with Gasteiger partial charge < -0.3 is 14.1 Å². The van der Waals surface area contributed by atoms with Crippen molar-refractivity contribution in [3.05, 3.63) is 89.9 Å². The van der Waals surface area contributed by atoms with Gasteiger partial charge in [-0.3, -0.25) is 30.6 Å². The van der Waals surface area contributed by atoms with E-state index in [0.717, 1.165) is 6.42 Å². The van der Waals surface area contributed by atoms with E-state index in [1.807, 2.05) is 30.3 Å². The fraction of sp³-hybridized carbons (Fsp3) is 0.231. The molecule has 1 aliphatic rings. The van der Waals surface area contributed by atoms with Gasteiger partial charge in [-0.2, -0.15) is 0 Å². The van der Waals surface area contributed by atoms with E-state index in [-0.39, 0.29) is 29.9 Å². The van der Waals surface area contributed by atoms with E-state index in [4.69, 9.17) is 21.4 Å². The molecular formula is C26H26N4O5S. The SMILES string of the molecule is O=C(NC(=S)NNC(=O)C1CC(=O)N(Cc2ccco2)C1)c1ccc(OCCc2ccccc2)cc1. The number of likely N-dealkylation sites (tertiary alicyclic amines) is 1. The number of amides is 3. The van der Waals surface area contributed by atoms with E-state index in [1.54, 1.807) is 41.3 Å². The van der Waals surface area contributed by atoms with Crippen LogP contribution in [0.4, 0.5) is 0 Å². The van der Waals surface area contributed by atoms with Gasteiger partial charge in [0.05, 0.1) is 25.3 Å². The average Bonchev–Trinajstić information content (AvgIpc) is 3.53. The first-order chi connectivity index (χ1) is 17.5. The van der Waals surface area contributed by atoms with Crippen LogP contribution in [0.1, 0.15) is 28.1 Å². The summed E-state index contributed by atoms with van der Waals surface area (Å²) in [5.74, 6) is -0.180. The fourth-order valence-corrected chi connectivity index (χ4v) is 3.90. The van der Waals surface area contributed by atoms with Crippen LogP contribution in [0.5, 0.6) is 5.75 Å². The molecule has 186 valence electrons. The van der Waals surface area contributed by atoms with Crippen molar-refractivity contribution < 1.29 is 23.5 Å². The second kappa shape index (κ2) is 12.0. The first-order valence-electron chi connectivity index (χ1n) is 11.5. The van der Waals surface area contributed by atoms with Crippen LogP contribution < -0.4 is 20.9 Å². The molecule has 0 radical (unpaired) electrons. The molecule has 4 rings (SSSR count). The number of carbonyl (C=O) groups excluding carboxylic acids is 3. The highest BCUT2D eigenvalue weighted by molar-refractivity contribution is 7.80. The van der Waals surface area contributed by atoms with Crippen LogP contribution >= 0.6 is 12.2 Å². The highest BCUT2D eigenvalue weighted by atomic mass is 32.1. The smallest absolute Gasteiger partial charge is 0.257 e. The molecular weight excluding hydrogens is 480 g/mol. The van der Waals surface area contributed by atoms with E-state index >= 15 is 0 Å². The second-order valence-electron chi connectivity index (χ2n) is 8.26. The minimum Gasteiger partial charge on any atom is -0.493 e. The zero-order chi connectivity index (χ0) is 25.3. The maximum atomic E-state index is 12.5. The summed E-state index contributed by atoms with van der Waals surface area (Å²) in [4.78, 5) is 38.7. The molecule has 0 bridgehead atoms. The van der Waals surface area contributed by atoms with Crippen molar-refractivity contribution in [3.8, 4) is 5.75 Å². The third-order valence-electron chi connectivity index (χ3n) is 5.66. The summed E-state index contributed by atoms with van der Waals surface area (Å²) in [5, 5.41) is 2.45. The molecule has 1 unspecified atom stereocenters. The Morgan fingerprint density at radius 3 is 2.53 bits per heavy atom. The quantitative estimate of drug-likeness (QED) is 0.318. The van der Waals surface area contributed by atoms with Gasteiger partial charge in [0.1, 0.15) is 11.5 Å². The Hall–Kier alpha value is -4.18. The molecule has 0 aliphatic carbocycles. The monoisotopic (exact) mass is 506 g/mol. The number of nitrogens with zero attached hydrogens (tertiary/aromatic N) is 1. The minimum atomic E-state index is -0.534. The first-order valence-corrected chi connectivity index (χ1v) is 11.9. The number of rotatable bonds is 8. The molecule has 3 N–H and O–H groups in total. The van der Waals surface area contributed by atoms with Crippen molar-refractivity contribution in [3.63, 3.8) is 0 Å². The second-order valence-corrected chi connectivity index (χ2v) is 8.67. The average molecular weight is 507 g/mol. The molecule has 3 amide bonds. The van der Waals surface area contributed by atoms with E-state index in [9.17, 15) is 14.4 Å². The molecule has 0 spiro atoms. The fourth-order valence-electron chi connectivity index (χ4n) is 3.75. The number of hydrogen-bond donors (Lipinski definition) is 3. The number of ether oxygens (including phenoxy) is 1. The Balaban J connectivity index is 1.17. The number of benzene rings is 2. The number of hydrazine groups is 1. The highest BCUT2D eigenvalue weighted by Crippen LogP contribution is 2.20. The molecule has 1 atom stereocenters. The van der Waals surface area contributed by atoms with Gasteiger partial charge in [0.15, 0.2) is 5.11 Å². The van der Waals surface area contributed by atoms with Crippen molar-refractivity contribution in [2.24, 2.45) is 5.92 Å². The number of nitrogens with one attached hydrogen (secondary N) is 3. The van der Waals surface area contributed by atoms with Gasteiger partial charge in [0.25, 0.3) is 5.91 Å². The lowest BCUT2D eigenvalue weighted by Gasteiger charge is -2.16. The van der Waals surface area contributed by atoms with Gasteiger partial charge in [0.2, 0.25) is 11.8 Å². The maximum absolute atomic E-state index is 12.5. The van der Waals surface area contributed by atoms with Gasteiger partial charge in [-0.05, 0) is 54.2 Å². The predicted octanol–water partition coefficient (Wildman–Crippen LogP) is 2.59. The third kappa shape index (κ3) is 6.92. The summed E-state index contributed by atoms with van der Waals surface area (Å²) in [6.07, 6.45) is 2.41. The molecule has 1 saturated heterocycles. The van der Waals surface area contributed by atoms with Crippen LogP contribution in [0.25, 0.3) is 0 Å². The summed E-state index contributed by atoms with van der Waals surface area (Å²) in [6, 6.07) is 20.2. The molecule has 2 aromatic carbocycles. The molecule has 3 aromatic rings. The van der Waals surface area contributed by atoms with Gasteiger partial charge in [-0.15, -0.1) is 0 Å². The van der Waals surface area contributed by atoms with Gasteiger partial charge in [0, 0.05) is 24.9 Å². The zero-order valence-electron chi connectivity index (χ0n) is 19.4. The van der Waals surface area contributed by atoms with Gasteiger partial charge in [-0.1, -0.05) is 30.3 Å². The van der Waals surface area contributed by atoms with Crippen LogP contribution in [-0.4, -0.2) is 40.9 Å². The molecule has 1 aromatic heterocycles. The number of hydrogen-bond acceptors (Lipinski definition) is 6. The van der Waals surface area contributed by atoms with E-state index in [0.29, 0.717) is 30.2 Å². The van der Waals surface area contributed by atoms with E-state index in [2.05, 4.69) is 16.2 Å². The summed E-state index contributed by atoms with van der Waals surface area (Å²) in [7, 11) is 0. The Labute approximate surface area is 213 Å². The number of carbonyl (C=O) groups is 3. The van der Waals surface area contributed by atoms with Gasteiger partial charge in [-0.25, -0.2) is 0 Å². The highest BCUT2D eigenvalue weighted by Gasteiger charge is 2.34. The van der Waals surface area contributed by atoms with Crippen molar-refractivity contribution in [2.45, 2.75) is 19.4 Å². The molecule has 1 aliphatic heterocycles. The summed E-state index contributed by atoms with van der Waals surface area (Å²) in [6.45, 7) is 1.11. The maximum Gasteiger partial charge on any atom is 0.257 e. The normalized spacial score (nSPS) is 14.8. The molecule has 0 saturated carbocycles. The van der Waals surface area contributed by atoms with Crippen molar-refractivity contribution >= 4 is 35.1 Å². The number of thiocarbonyl (C=S) groups is 1. The minimum absolute atomic E-state index is 0.0618. The third-order valence-corrected chi connectivity index (χ3v) is 5.86. The summed E-state index contributed by atoms with van der Waals surface area (Å²) < 4.78 is 11.0. The molecule has 1 fully saturated rings. The Morgan fingerprint density at radius 1 is 1.03 bits per heavy atom. The summed E-state index contributed by atoms with van der Waals surface area (Å²) in [5.41, 5.74) is 6.55. The summed E-state index contributed by atoms with van der Waals surface area (Å²) >= 11 is 5.10. The predicted molar refractivity (Wildman–Crippen MR) is 136 cm³/mol. The van der Waals surface area contributed by atoms with Crippen molar-refractivity contribution in [1.29, 1.82) is 0 Å². The van der Waals surface area contributed by atoms with Crippen LogP contribution in [0, 0.1) is 5.92 Å².